The van der Waals surface area contributed by atoms with Gasteiger partial charge < -0.3 is 9.88 Å². The van der Waals surface area contributed by atoms with Crippen LogP contribution in [0.15, 0.2) is 103 Å². The van der Waals surface area contributed by atoms with Crippen LogP contribution in [0.25, 0.3) is 32.8 Å². The van der Waals surface area contributed by atoms with E-state index in [1.54, 1.807) is 0 Å². The fraction of sp³-hybridized carbons (Fsp3) is 0.167. The molecule has 4 aromatic carbocycles. The van der Waals surface area contributed by atoms with Crippen LogP contribution in [0, 0.1) is 0 Å². The molecule has 2 heterocycles. The Labute approximate surface area is 209 Å². The molecule has 1 amide bonds. The lowest BCUT2D eigenvalue weighted by molar-refractivity contribution is -0.132. The number of benzene rings is 4. The standard InChI is InChI=1S/C30H27N5O/c1-21(2)31-29(36)30(20-22-12-4-3-5-13-22,35-28-19-11-8-16-25(28)32-33-35)34-26-17-9-6-14-23(26)24-15-7-10-18-27(24)34/h3-19,21H,20H2,1-2H3,(H,31,36). The number of carbonyl (C=O) groups excluding carboxylic acids is 1. The Balaban J connectivity index is 1.79. The number of fused-ring (bicyclic) bond motifs is 4. The number of hydrogen-bond donors (Lipinski definition) is 1. The first kappa shape index (κ1) is 22.0. The predicted octanol–water partition coefficient (Wildman–Crippen LogP) is 5.51. The highest BCUT2D eigenvalue weighted by Crippen LogP contribution is 2.38. The third-order valence-corrected chi connectivity index (χ3v) is 6.73. The Kier molecular flexibility index (Phi) is 5.29. The van der Waals surface area contributed by atoms with Gasteiger partial charge in [0.15, 0.2) is 0 Å². The molecule has 1 unspecified atom stereocenters. The first-order valence-electron chi connectivity index (χ1n) is 12.2. The summed E-state index contributed by atoms with van der Waals surface area (Å²) in [7, 11) is 0. The number of carbonyl (C=O) groups is 1. The molecular weight excluding hydrogens is 446 g/mol. The summed E-state index contributed by atoms with van der Waals surface area (Å²) < 4.78 is 3.97. The van der Waals surface area contributed by atoms with Gasteiger partial charge in [0, 0.05) is 23.2 Å². The molecule has 6 heteroatoms. The van der Waals surface area contributed by atoms with E-state index in [1.165, 1.54) is 0 Å². The minimum absolute atomic E-state index is 0.0597. The summed E-state index contributed by atoms with van der Waals surface area (Å²) in [5, 5.41) is 14.5. The average molecular weight is 474 g/mol. The zero-order valence-electron chi connectivity index (χ0n) is 20.3. The molecule has 0 fully saturated rings. The second-order valence-electron chi connectivity index (χ2n) is 9.47. The van der Waals surface area contributed by atoms with Gasteiger partial charge in [-0.3, -0.25) is 4.79 Å². The number of amides is 1. The van der Waals surface area contributed by atoms with Crippen molar-refractivity contribution in [3.63, 3.8) is 0 Å². The lowest BCUT2D eigenvalue weighted by Gasteiger charge is -2.36. The minimum atomic E-state index is -1.26. The molecule has 178 valence electrons. The molecule has 0 saturated carbocycles. The highest BCUT2D eigenvalue weighted by atomic mass is 16.2. The fourth-order valence-electron chi connectivity index (χ4n) is 5.25. The van der Waals surface area contributed by atoms with Crippen molar-refractivity contribution in [2.24, 2.45) is 0 Å². The van der Waals surface area contributed by atoms with Crippen LogP contribution in [0.4, 0.5) is 0 Å². The highest BCUT2D eigenvalue weighted by molar-refractivity contribution is 6.09. The van der Waals surface area contributed by atoms with Gasteiger partial charge in [-0.15, -0.1) is 5.10 Å². The van der Waals surface area contributed by atoms with Crippen LogP contribution in [0.1, 0.15) is 19.4 Å². The first-order chi connectivity index (χ1) is 17.6. The van der Waals surface area contributed by atoms with Gasteiger partial charge >= 0.3 is 0 Å². The normalized spacial score (nSPS) is 13.4. The Bertz CT molecular complexity index is 1650. The molecule has 2 aromatic heterocycles. The van der Waals surface area contributed by atoms with E-state index in [2.05, 4.69) is 56.6 Å². The van der Waals surface area contributed by atoms with Crippen LogP contribution in [0.3, 0.4) is 0 Å². The zero-order chi connectivity index (χ0) is 24.7. The van der Waals surface area contributed by atoms with Crippen molar-refractivity contribution in [2.45, 2.75) is 32.0 Å². The van der Waals surface area contributed by atoms with E-state index >= 15 is 0 Å². The molecule has 0 bridgehead atoms. The molecule has 1 atom stereocenters. The molecule has 0 saturated heterocycles. The summed E-state index contributed by atoms with van der Waals surface area (Å²) in [6, 6.07) is 34.4. The van der Waals surface area contributed by atoms with Crippen molar-refractivity contribution in [3.8, 4) is 0 Å². The van der Waals surface area contributed by atoms with Crippen molar-refractivity contribution in [2.75, 3.05) is 0 Å². The molecule has 1 N–H and O–H groups in total. The monoisotopic (exact) mass is 473 g/mol. The van der Waals surface area contributed by atoms with Crippen molar-refractivity contribution < 1.29 is 4.79 Å². The largest absolute Gasteiger partial charge is 0.350 e. The summed E-state index contributed by atoms with van der Waals surface area (Å²) in [6.45, 7) is 3.97. The van der Waals surface area contributed by atoms with Crippen LogP contribution < -0.4 is 5.32 Å². The van der Waals surface area contributed by atoms with Crippen molar-refractivity contribution in [1.82, 2.24) is 24.9 Å². The molecule has 0 aliphatic heterocycles. The molecule has 0 radical (unpaired) electrons. The van der Waals surface area contributed by atoms with E-state index in [4.69, 9.17) is 0 Å². The summed E-state index contributed by atoms with van der Waals surface area (Å²) >= 11 is 0. The van der Waals surface area contributed by atoms with Gasteiger partial charge in [0.2, 0.25) is 5.66 Å². The third kappa shape index (κ3) is 3.37. The summed E-state index contributed by atoms with van der Waals surface area (Å²) in [4.78, 5) is 14.6. The Morgan fingerprint density at radius 1 is 0.778 bits per heavy atom. The number of rotatable bonds is 6. The smallest absolute Gasteiger partial charge is 0.269 e. The van der Waals surface area contributed by atoms with Crippen LogP contribution in [-0.2, 0) is 16.9 Å². The maximum Gasteiger partial charge on any atom is 0.269 e. The van der Waals surface area contributed by atoms with Gasteiger partial charge in [-0.2, -0.15) is 0 Å². The summed E-state index contributed by atoms with van der Waals surface area (Å²) in [5.74, 6) is -0.136. The topological polar surface area (TPSA) is 64.7 Å². The Morgan fingerprint density at radius 2 is 1.33 bits per heavy atom. The second kappa shape index (κ2) is 8.64. The maximum atomic E-state index is 14.6. The van der Waals surface area contributed by atoms with Crippen molar-refractivity contribution in [3.05, 3.63) is 109 Å². The lowest BCUT2D eigenvalue weighted by atomic mass is 9.96. The van der Waals surface area contributed by atoms with Crippen LogP contribution in [0.2, 0.25) is 0 Å². The molecule has 0 aliphatic carbocycles. The molecule has 0 aliphatic rings. The van der Waals surface area contributed by atoms with Crippen molar-refractivity contribution in [1.29, 1.82) is 0 Å². The Hall–Kier alpha value is -4.45. The van der Waals surface area contributed by atoms with Crippen LogP contribution in [-0.4, -0.2) is 31.5 Å². The first-order valence-corrected chi connectivity index (χ1v) is 12.2. The van der Waals surface area contributed by atoms with E-state index in [0.29, 0.717) is 6.42 Å². The third-order valence-electron chi connectivity index (χ3n) is 6.73. The SMILES string of the molecule is CC(C)NC(=O)C(Cc1ccccc1)(n1nnc2ccccc21)n1c2ccccc2c2ccccc21. The van der Waals surface area contributed by atoms with Gasteiger partial charge in [0.1, 0.15) is 5.52 Å². The highest BCUT2D eigenvalue weighted by Gasteiger charge is 2.46. The van der Waals surface area contributed by atoms with Gasteiger partial charge in [-0.1, -0.05) is 84.1 Å². The van der Waals surface area contributed by atoms with E-state index in [1.807, 2.05) is 85.3 Å². The molecule has 36 heavy (non-hydrogen) atoms. The van der Waals surface area contributed by atoms with Gasteiger partial charge in [-0.05, 0) is 43.7 Å². The quantitative estimate of drug-likeness (QED) is 0.347. The fourth-order valence-corrected chi connectivity index (χ4v) is 5.25. The summed E-state index contributed by atoms with van der Waals surface area (Å²) in [6.07, 6.45) is 0.391. The number of hydrogen-bond acceptors (Lipinski definition) is 3. The van der Waals surface area contributed by atoms with E-state index in [9.17, 15) is 4.79 Å². The molecule has 0 spiro atoms. The number of aromatic nitrogens is 4. The van der Waals surface area contributed by atoms with E-state index in [0.717, 1.165) is 38.4 Å². The summed E-state index contributed by atoms with van der Waals surface area (Å²) in [5.41, 5.74) is 3.24. The van der Waals surface area contributed by atoms with E-state index in [-0.39, 0.29) is 11.9 Å². The number of nitrogens with one attached hydrogen (secondary N) is 1. The van der Waals surface area contributed by atoms with Crippen LogP contribution >= 0.6 is 0 Å². The number of para-hydroxylation sites is 3. The predicted molar refractivity (Wildman–Crippen MR) is 144 cm³/mol. The molecule has 6 rings (SSSR count). The van der Waals surface area contributed by atoms with Gasteiger partial charge in [-0.25, -0.2) is 4.68 Å². The zero-order valence-corrected chi connectivity index (χ0v) is 20.3. The molecule has 6 nitrogen and oxygen atoms in total. The Morgan fingerprint density at radius 3 is 1.97 bits per heavy atom. The second-order valence-corrected chi connectivity index (χ2v) is 9.47. The van der Waals surface area contributed by atoms with Crippen LogP contribution in [0.5, 0.6) is 0 Å². The minimum Gasteiger partial charge on any atom is -0.350 e. The molecular formula is C30H27N5O. The van der Waals surface area contributed by atoms with E-state index < -0.39 is 5.66 Å². The maximum absolute atomic E-state index is 14.6. The molecule has 6 aromatic rings. The lowest BCUT2D eigenvalue weighted by Crippen LogP contribution is -2.57. The van der Waals surface area contributed by atoms with Gasteiger partial charge in [0.25, 0.3) is 5.91 Å². The van der Waals surface area contributed by atoms with Gasteiger partial charge in [0.05, 0.1) is 16.6 Å². The van der Waals surface area contributed by atoms with Crippen molar-refractivity contribution >= 4 is 38.7 Å². The number of nitrogens with zero attached hydrogens (tertiary/aromatic N) is 4. The average Bonchev–Trinajstić information content (AvgIpc) is 3.48.